The second-order valence-electron chi connectivity index (χ2n) is 7.50. The number of benzene rings is 1. The van der Waals surface area contributed by atoms with Gasteiger partial charge in [0, 0.05) is 54.4 Å². The fourth-order valence-corrected chi connectivity index (χ4v) is 4.56. The van der Waals surface area contributed by atoms with Crippen LogP contribution in [-0.2, 0) is 9.53 Å². The Bertz CT molecular complexity index is 853. The van der Waals surface area contributed by atoms with E-state index in [9.17, 15) is 9.59 Å². The number of carbonyl (C=O) groups is 2. The molecule has 0 saturated carbocycles. The van der Waals surface area contributed by atoms with Gasteiger partial charge >= 0.3 is 6.03 Å². The highest BCUT2D eigenvalue weighted by molar-refractivity contribution is 7.13. The van der Waals surface area contributed by atoms with Gasteiger partial charge in [0.15, 0.2) is 0 Å². The summed E-state index contributed by atoms with van der Waals surface area (Å²) in [5.41, 5.74) is 2.82. The van der Waals surface area contributed by atoms with Gasteiger partial charge in [0.05, 0.1) is 13.2 Å². The van der Waals surface area contributed by atoms with E-state index in [1.807, 2.05) is 41.5 Å². The number of urea groups is 1. The van der Waals surface area contributed by atoms with E-state index < -0.39 is 0 Å². The van der Waals surface area contributed by atoms with E-state index in [1.165, 1.54) is 0 Å². The monoisotopic (exact) mass is 414 g/mol. The number of amides is 3. The van der Waals surface area contributed by atoms with Gasteiger partial charge in [-0.3, -0.25) is 4.79 Å². The average molecular weight is 415 g/mol. The molecule has 2 aliphatic heterocycles. The Hall–Kier alpha value is -2.45. The molecule has 0 aliphatic carbocycles. The van der Waals surface area contributed by atoms with Gasteiger partial charge in [0.25, 0.3) is 0 Å². The molecule has 1 aromatic carbocycles. The maximum Gasteiger partial charge on any atom is 0.321 e. The fourth-order valence-electron chi connectivity index (χ4n) is 3.76. The van der Waals surface area contributed by atoms with E-state index in [1.54, 1.807) is 16.2 Å². The van der Waals surface area contributed by atoms with Crippen molar-refractivity contribution in [1.29, 1.82) is 0 Å². The van der Waals surface area contributed by atoms with Crippen LogP contribution in [0.15, 0.2) is 29.6 Å². The molecule has 154 valence electrons. The van der Waals surface area contributed by atoms with Crippen molar-refractivity contribution in [2.24, 2.45) is 5.92 Å². The Balaban J connectivity index is 1.28. The molecule has 2 aliphatic rings. The number of rotatable bonds is 3. The van der Waals surface area contributed by atoms with Gasteiger partial charge in [-0.2, -0.15) is 0 Å². The molecule has 4 rings (SSSR count). The zero-order valence-corrected chi connectivity index (χ0v) is 17.4. The second kappa shape index (κ2) is 8.92. The second-order valence-corrected chi connectivity index (χ2v) is 8.36. The molecule has 2 saturated heterocycles. The first-order chi connectivity index (χ1) is 14.1. The van der Waals surface area contributed by atoms with Crippen LogP contribution in [0.5, 0.6) is 0 Å². The average Bonchev–Trinajstić information content (AvgIpc) is 3.21. The summed E-state index contributed by atoms with van der Waals surface area (Å²) in [7, 11) is 0. The van der Waals surface area contributed by atoms with E-state index in [0.29, 0.717) is 52.2 Å². The Kier molecular flexibility index (Phi) is 6.10. The number of carbonyl (C=O) groups excluding carboxylic acids is 2. The lowest BCUT2D eigenvalue weighted by Gasteiger charge is -2.35. The van der Waals surface area contributed by atoms with Crippen molar-refractivity contribution in [3.05, 3.63) is 35.3 Å². The summed E-state index contributed by atoms with van der Waals surface area (Å²) in [6, 6.07) is 7.64. The number of morpholine rings is 1. The fraction of sp³-hybridized carbons (Fsp3) is 0.476. The number of hydrogen-bond acceptors (Lipinski definition) is 5. The van der Waals surface area contributed by atoms with E-state index in [4.69, 9.17) is 4.74 Å². The van der Waals surface area contributed by atoms with Crippen LogP contribution >= 0.6 is 11.3 Å². The van der Waals surface area contributed by atoms with Gasteiger partial charge in [-0.05, 0) is 44.0 Å². The van der Waals surface area contributed by atoms with Gasteiger partial charge in [-0.15, -0.1) is 11.3 Å². The Labute approximate surface area is 174 Å². The van der Waals surface area contributed by atoms with Gasteiger partial charge in [-0.25, -0.2) is 9.78 Å². The number of aryl methyl sites for hydroxylation is 1. The van der Waals surface area contributed by atoms with Crippen molar-refractivity contribution in [2.75, 3.05) is 44.7 Å². The van der Waals surface area contributed by atoms with Crippen molar-refractivity contribution in [3.63, 3.8) is 0 Å². The highest BCUT2D eigenvalue weighted by atomic mass is 32.1. The maximum atomic E-state index is 12.6. The molecule has 0 spiro atoms. The summed E-state index contributed by atoms with van der Waals surface area (Å²) in [6.45, 7) is 5.77. The van der Waals surface area contributed by atoms with Crippen molar-refractivity contribution in [2.45, 2.75) is 19.8 Å². The molecule has 0 radical (unpaired) electrons. The Morgan fingerprint density at radius 3 is 2.38 bits per heavy atom. The Morgan fingerprint density at radius 2 is 1.76 bits per heavy atom. The molecule has 2 aromatic rings. The topological polar surface area (TPSA) is 74.8 Å². The number of anilines is 1. The first-order valence-electron chi connectivity index (χ1n) is 10.0. The van der Waals surface area contributed by atoms with Crippen LogP contribution in [0.25, 0.3) is 10.6 Å². The molecule has 0 bridgehead atoms. The van der Waals surface area contributed by atoms with Gasteiger partial charge < -0.3 is 19.9 Å². The number of hydrogen-bond donors (Lipinski definition) is 1. The zero-order chi connectivity index (χ0) is 20.2. The Morgan fingerprint density at radius 1 is 1.07 bits per heavy atom. The lowest BCUT2D eigenvalue weighted by molar-refractivity contribution is -0.140. The molecule has 0 unspecified atom stereocenters. The van der Waals surface area contributed by atoms with Gasteiger partial charge in [-0.1, -0.05) is 0 Å². The molecule has 3 amide bonds. The first-order valence-corrected chi connectivity index (χ1v) is 10.9. The molecule has 7 nitrogen and oxygen atoms in total. The molecule has 2 fully saturated rings. The largest absolute Gasteiger partial charge is 0.378 e. The normalized spacial score (nSPS) is 18.0. The van der Waals surface area contributed by atoms with Crippen molar-refractivity contribution < 1.29 is 14.3 Å². The summed E-state index contributed by atoms with van der Waals surface area (Å²) >= 11 is 1.61. The number of aromatic nitrogens is 1. The SMILES string of the molecule is Cc1csc(-c2ccc(NC(=O)N3CCC(C(=O)N4CCOCC4)CC3)cc2)n1. The van der Waals surface area contributed by atoms with Crippen LogP contribution in [0.3, 0.4) is 0 Å². The van der Waals surface area contributed by atoms with E-state index in [0.717, 1.165) is 22.0 Å². The molecule has 1 N–H and O–H groups in total. The summed E-state index contributed by atoms with van der Waals surface area (Å²) in [5, 5.41) is 5.97. The molecule has 0 atom stereocenters. The lowest BCUT2D eigenvalue weighted by atomic mass is 9.95. The van der Waals surface area contributed by atoms with Crippen molar-refractivity contribution in [1.82, 2.24) is 14.8 Å². The van der Waals surface area contributed by atoms with Crippen LogP contribution in [0.1, 0.15) is 18.5 Å². The predicted octanol–water partition coefficient (Wildman–Crippen LogP) is 3.22. The quantitative estimate of drug-likeness (QED) is 0.837. The highest BCUT2D eigenvalue weighted by Crippen LogP contribution is 2.25. The maximum absolute atomic E-state index is 12.6. The zero-order valence-electron chi connectivity index (χ0n) is 16.6. The summed E-state index contributed by atoms with van der Waals surface area (Å²) in [4.78, 5) is 33.4. The summed E-state index contributed by atoms with van der Waals surface area (Å²) in [5.74, 6) is 0.222. The summed E-state index contributed by atoms with van der Waals surface area (Å²) < 4.78 is 5.32. The van der Waals surface area contributed by atoms with Gasteiger partial charge in [0.1, 0.15) is 5.01 Å². The number of ether oxygens (including phenoxy) is 1. The van der Waals surface area contributed by atoms with Crippen molar-refractivity contribution >= 4 is 29.0 Å². The number of nitrogens with zero attached hydrogens (tertiary/aromatic N) is 3. The highest BCUT2D eigenvalue weighted by Gasteiger charge is 2.30. The minimum atomic E-state index is -0.111. The molecule has 29 heavy (non-hydrogen) atoms. The third kappa shape index (κ3) is 4.76. The van der Waals surface area contributed by atoms with Crippen LogP contribution < -0.4 is 5.32 Å². The smallest absolute Gasteiger partial charge is 0.321 e. The third-order valence-electron chi connectivity index (χ3n) is 5.46. The van der Waals surface area contributed by atoms with Crippen LogP contribution in [-0.4, -0.2) is 66.1 Å². The molecule has 3 heterocycles. The number of nitrogens with one attached hydrogen (secondary N) is 1. The lowest BCUT2D eigenvalue weighted by Crippen LogP contribution is -2.48. The van der Waals surface area contributed by atoms with Crippen LogP contribution in [0, 0.1) is 12.8 Å². The minimum Gasteiger partial charge on any atom is -0.378 e. The number of piperidine rings is 1. The predicted molar refractivity (Wildman–Crippen MR) is 113 cm³/mol. The summed E-state index contributed by atoms with van der Waals surface area (Å²) in [6.07, 6.45) is 1.43. The molecular weight excluding hydrogens is 388 g/mol. The van der Waals surface area contributed by atoms with Crippen molar-refractivity contribution in [3.8, 4) is 10.6 Å². The van der Waals surface area contributed by atoms with Gasteiger partial charge in [0.2, 0.25) is 5.91 Å². The standard InChI is InChI=1S/C21H26N4O3S/c1-15-14-29-19(22-15)16-2-4-18(5-3-16)23-21(27)25-8-6-17(7-9-25)20(26)24-10-12-28-13-11-24/h2-5,14,17H,6-13H2,1H3,(H,23,27). The van der Waals surface area contributed by atoms with E-state index in [2.05, 4.69) is 10.3 Å². The number of thiazole rings is 1. The van der Waals surface area contributed by atoms with E-state index >= 15 is 0 Å². The third-order valence-corrected chi connectivity index (χ3v) is 6.47. The molecular formula is C21H26N4O3S. The molecule has 8 heteroatoms. The minimum absolute atomic E-state index is 0.0122. The van der Waals surface area contributed by atoms with E-state index in [-0.39, 0.29) is 17.9 Å². The van der Waals surface area contributed by atoms with Crippen LogP contribution in [0.2, 0.25) is 0 Å². The number of likely N-dealkylation sites (tertiary alicyclic amines) is 1. The first kappa shape index (κ1) is 19.8. The molecule has 1 aromatic heterocycles. The van der Waals surface area contributed by atoms with Crippen LogP contribution in [0.4, 0.5) is 10.5 Å².